The van der Waals surface area contributed by atoms with Crippen LogP contribution in [-0.4, -0.2) is 53.9 Å². The number of amides is 2. The van der Waals surface area contributed by atoms with Gasteiger partial charge >= 0.3 is 0 Å². The summed E-state index contributed by atoms with van der Waals surface area (Å²) in [5.74, 6) is -0.714. The molecule has 0 bridgehead atoms. The van der Waals surface area contributed by atoms with E-state index in [1.54, 1.807) is 23.1 Å². The summed E-state index contributed by atoms with van der Waals surface area (Å²) in [5, 5.41) is 24.3. The summed E-state index contributed by atoms with van der Waals surface area (Å²) < 4.78 is 0. The van der Waals surface area contributed by atoms with Gasteiger partial charge in [0.2, 0.25) is 0 Å². The van der Waals surface area contributed by atoms with Crippen LogP contribution in [0.3, 0.4) is 0 Å². The van der Waals surface area contributed by atoms with Gasteiger partial charge in [-0.05, 0) is 68.2 Å². The van der Waals surface area contributed by atoms with E-state index in [9.17, 15) is 14.7 Å². The number of para-hydroxylation sites is 2. The van der Waals surface area contributed by atoms with Gasteiger partial charge in [-0.15, -0.1) is 0 Å². The number of carbonyl (C=O) groups excluding carboxylic acids is 2. The lowest BCUT2D eigenvalue weighted by atomic mass is 9.83. The summed E-state index contributed by atoms with van der Waals surface area (Å²) in [7, 11) is 0. The van der Waals surface area contributed by atoms with Crippen molar-refractivity contribution in [3.05, 3.63) is 102 Å². The first-order valence-electron chi connectivity index (χ1n) is 14.8. The fourth-order valence-corrected chi connectivity index (χ4v) is 6.70. The van der Waals surface area contributed by atoms with Crippen molar-refractivity contribution in [2.24, 2.45) is 5.92 Å². The van der Waals surface area contributed by atoms with E-state index in [-0.39, 0.29) is 18.4 Å². The molecule has 2 fully saturated rings. The molecule has 3 heterocycles. The van der Waals surface area contributed by atoms with Crippen molar-refractivity contribution in [3.63, 3.8) is 0 Å². The van der Waals surface area contributed by atoms with Crippen LogP contribution in [-0.2, 0) is 21.7 Å². The van der Waals surface area contributed by atoms with Crippen LogP contribution in [0.15, 0.2) is 91.0 Å². The van der Waals surface area contributed by atoms with Crippen molar-refractivity contribution in [3.8, 4) is 0 Å². The van der Waals surface area contributed by atoms with E-state index >= 15 is 0 Å². The second-order valence-corrected chi connectivity index (χ2v) is 11.5. The molecule has 0 aromatic heterocycles. The monoisotopic (exact) mass is 566 g/mol. The number of aliphatic hydroxyl groups is 2. The zero-order valence-corrected chi connectivity index (χ0v) is 23.9. The van der Waals surface area contributed by atoms with Crippen molar-refractivity contribution in [1.82, 2.24) is 5.32 Å². The Labute approximate surface area is 246 Å². The van der Waals surface area contributed by atoms with Crippen molar-refractivity contribution in [1.29, 1.82) is 0 Å². The highest BCUT2D eigenvalue weighted by atomic mass is 16.3. The number of fused-ring (bicyclic) bond motifs is 1. The van der Waals surface area contributed by atoms with Gasteiger partial charge in [-0.25, -0.2) is 0 Å². The number of carbonyl (C=O) groups is 2. The fraction of sp³-hybridized carbons (Fsp3) is 0.353. The number of benzene rings is 3. The molecule has 0 saturated carbocycles. The average Bonchev–Trinajstić information content (AvgIpc) is 3.42. The number of aliphatic hydroxyl groups excluding tert-OH is 1. The Balaban J connectivity index is 1.24. The molecule has 3 aromatic rings. The normalized spacial score (nSPS) is 22.4. The third-order valence-electron chi connectivity index (χ3n) is 9.09. The minimum Gasteiger partial charge on any atom is -0.396 e. The number of nitrogens with zero attached hydrogens (tertiary/aromatic N) is 3. The molecule has 3 aromatic carbocycles. The SMILES string of the molecule is C[C@H](/C=C/CCO)[C@@]1(O)C(=O)N(Cc2ccc(N3CN(c4ccccc4)C4(CCNCC4)C3=O)cc2)c2ccccc21. The van der Waals surface area contributed by atoms with Gasteiger partial charge in [-0.3, -0.25) is 14.5 Å². The topological polar surface area (TPSA) is 96.3 Å². The van der Waals surface area contributed by atoms with Gasteiger partial charge < -0.3 is 25.3 Å². The number of hydrogen-bond donors (Lipinski definition) is 3. The largest absolute Gasteiger partial charge is 0.396 e. The average molecular weight is 567 g/mol. The van der Waals surface area contributed by atoms with Gasteiger partial charge in [-0.1, -0.05) is 67.6 Å². The third kappa shape index (κ3) is 4.60. The van der Waals surface area contributed by atoms with E-state index in [0.717, 1.165) is 42.9 Å². The quantitative estimate of drug-likeness (QED) is 0.358. The zero-order chi connectivity index (χ0) is 29.3. The van der Waals surface area contributed by atoms with Crippen molar-refractivity contribution < 1.29 is 19.8 Å². The minimum atomic E-state index is -1.69. The first-order chi connectivity index (χ1) is 20.4. The van der Waals surface area contributed by atoms with E-state index < -0.39 is 17.1 Å². The molecule has 218 valence electrons. The third-order valence-corrected chi connectivity index (χ3v) is 9.09. The van der Waals surface area contributed by atoms with Crippen LogP contribution in [0.25, 0.3) is 0 Å². The van der Waals surface area contributed by atoms with E-state index in [4.69, 9.17) is 5.11 Å². The highest BCUT2D eigenvalue weighted by Crippen LogP contribution is 2.46. The van der Waals surface area contributed by atoms with E-state index in [1.165, 1.54) is 0 Å². The Morgan fingerprint density at radius 1 is 0.905 bits per heavy atom. The first-order valence-corrected chi connectivity index (χ1v) is 14.8. The van der Waals surface area contributed by atoms with Gasteiger partial charge in [0.1, 0.15) is 5.54 Å². The molecule has 3 aliphatic rings. The summed E-state index contributed by atoms with van der Waals surface area (Å²) in [6, 6.07) is 25.4. The number of hydrogen-bond acceptors (Lipinski definition) is 6. The zero-order valence-electron chi connectivity index (χ0n) is 23.9. The van der Waals surface area contributed by atoms with Crippen LogP contribution in [0, 0.1) is 5.92 Å². The van der Waals surface area contributed by atoms with Gasteiger partial charge in [-0.2, -0.15) is 0 Å². The lowest BCUT2D eigenvalue weighted by molar-refractivity contribution is -0.139. The maximum absolute atomic E-state index is 14.0. The fourth-order valence-electron chi connectivity index (χ4n) is 6.70. The molecule has 3 aliphatic heterocycles. The second kappa shape index (κ2) is 11.4. The highest BCUT2D eigenvalue weighted by molar-refractivity contribution is 6.07. The molecule has 0 unspecified atom stereocenters. The minimum absolute atomic E-state index is 0.0137. The van der Waals surface area contributed by atoms with Crippen molar-refractivity contribution in [2.75, 3.05) is 41.1 Å². The summed E-state index contributed by atoms with van der Waals surface area (Å²) in [4.78, 5) is 33.5. The van der Waals surface area contributed by atoms with Gasteiger partial charge in [0.25, 0.3) is 11.8 Å². The van der Waals surface area contributed by atoms with Crippen LogP contribution in [0.1, 0.15) is 37.3 Å². The van der Waals surface area contributed by atoms with E-state index in [0.29, 0.717) is 30.9 Å². The molecule has 2 amide bonds. The van der Waals surface area contributed by atoms with Gasteiger partial charge in [0.05, 0.1) is 18.9 Å². The molecular weight excluding hydrogens is 528 g/mol. The lowest BCUT2D eigenvalue weighted by Crippen LogP contribution is -2.55. The summed E-state index contributed by atoms with van der Waals surface area (Å²) in [6.07, 6.45) is 5.56. The number of nitrogens with one attached hydrogen (secondary N) is 1. The molecular formula is C34H38N4O4. The van der Waals surface area contributed by atoms with Crippen LogP contribution >= 0.6 is 0 Å². The first kappa shape index (κ1) is 28.2. The molecule has 8 nitrogen and oxygen atoms in total. The van der Waals surface area contributed by atoms with Crippen LogP contribution < -0.4 is 20.0 Å². The Morgan fingerprint density at radius 3 is 2.31 bits per heavy atom. The summed E-state index contributed by atoms with van der Waals surface area (Å²) >= 11 is 0. The molecule has 0 radical (unpaired) electrons. The molecule has 42 heavy (non-hydrogen) atoms. The summed E-state index contributed by atoms with van der Waals surface area (Å²) in [6.45, 7) is 4.21. The lowest BCUT2D eigenvalue weighted by Gasteiger charge is -2.39. The maximum Gasteiger partial charge on any atom is 0.264 e. The number of rotatable bonds is 8. The second-order valence-electron chi connectivity index (χ2n) is 11.5. The number of piperidine rings is 1. The molecule has 8 heteroatoms. The smallest absolute Gasteiger partial charge is 0.264 e. The Hall–Kier alpha value is -3.98. The maximum atomic E-state index is 14.0. The Morgan fingerprint density at radius 2 is 1.60 bits per heavy atom. The van der Waals surface area contributed by atoms with Crippen molar-refractivity contribution >= 4 is 28.9 Å². The molecule has 2 saturated heterocycles. The van der Waals surface area contributed by atoms with Crippen molar-refractivity contribution in [2.45, 2.75) is 43.9 Å². The Bertz CT molecular complexity index is 1470. The van der Waals surface area contributed by atoms with Crippen LogP contribution in [0.5, 0.6) is 0 Å². The molecule has 2 atom stereocenters. The predicted octanol–water partition coefficient (Wildman–Crippen LogP) is 3.93. The standard InChI is InChI=1S/C34H38N4O4/c1-25(9-7-8-22-39)34(42)29-12-5-6-13-30(29)36(32(34)41)23-26-14-16-27(17-15-26)37-24-38(28-10-3-2-4-11-28)33(31(37)40)18-20-35-21-19-33/h2-7,9-17,25,35,39,42H,8,18-24H2,1H3/b9-7+/t25-,34+/m1/s1. The van der Waals surface area contributed by atoms with Crippen LogP contribution in [0.2, 0.25) is 0 Å². The molecule has 0 aliphatic carbocycles. The molecule has 6 rings (SSSR count). The van der Waals surface area contributed by atoms with Crippen LogP contribution in [0.4, 0.5) is 17.1 Å². The number of anilines is 3. The molecule has 1 spiro atoms. The predicted molar refractivity (Wildman–Crippen MR) is 164 cm³/mol. The van der Waals surface area contributed by atoms with Gasteiger partial charge in [0.15, 0.2) is 5.60 Å². The van der Waals surface area contributed by atoms with E-state index in [2.05, 4.69) is 22.3 Å². The van der Waals surface area contributed by atoms with Gasteiger partial charge in [0, 0.05) is 29.5 Å². The highest BCUT2D eigenvalue weighted by Gasteiger charge is 2.54. The van der Waals surface area contributed by atoms with E-state index in [1.807, 2.05) is 72.5 Å². The molecule has 3 N–H and O–H groups in total. The summed E-state index contributed by atoms with van der Waals surface area (Å²) in [5.41, 5.74) is 1.80. The Kier molecular flexibility index (Phi) is 7.62.